The molecule has 0 radical (unpaired) electrons. The monoisotopic (exact) mass is 462 g/mol. The van der Waals surface area contributed by atoms with E-state index >= 15 is 0 Å². The molecule has 1 aliphatic heterocycles. The van der Waals surface area contributed by atoms with Crippen LogP contribution in [0.25, 0.3) is 0 Å². The quantitative estimate of drug-likeness (QED) is 0.591. The number of urea groups is 1. The average Bonchev–Trinajstić information content (AvgIpc) is 3.20. The van der Waals surface area contributed by atoms with E-state index in [4.69, 9.17) is 5.73 Å². The summed E-state index contributed by atoms with van der Waals surface area (Å²) in [5.41, 5.74) is 5.00. The fraction of sp³-hybridized carbons (Fsp3) is 0.333. The third-order valence-corrected chi connectivity index (χ3v) is 6.95. The van der Waals surface area contributed by atoms with Crippen LogP contribution in [0.2, 0.25) is 0 Å². The van der Waals surface area contributed by atoms with Crippen molar-refractivity contribution in [1.29, 1.82) is 0 Å². The van der Waals surface area contributed by atoms with Gasteiger partial charge in [-0.3, -0.25) is 19.3 Å². The Morgan fingerprint density at radius 2 is 1.94 bits per heavy atom. The minimum Gasteiger partial charge on any atom is -0.365 e. The predicted molar refractivity (Wildman–Crippen MR) is 112 cm³/mol. The van der Waals surface area contributed by atoms with Gasteiger partial charge >= 0.3 is 6.03 Å². The van der Waals surface area contributed by atoms with Gasteiger partial charge in [-0.05, 0) is 55.9 Å². The highest BCUT2D eigenvalue weighted by molar-refractivity contribution is 7.17. The van der Waals surface area contributed by atoms with Gasteiger partial charge in [0.1, 0.15) is 17.1 Å². The highest BCUT2D eigenvalue weighted by Crippen LogP contribution is 2.38. The van der Waals surface area contributed by atoms with Crippen LogP contribution in [-0.2, 0) is 28.0 Å². The number of hydrogen-bond donors (Lipinski definition) is 3. The molecule has 4 N–H and O–H groups in total. The van der Waals surface area contributed by atoms with Crippen molar-refractivity contribution in [2.45, 2.75) is 38.1 Å². The second-order valence-corrected chi connectivity index (χ2v) is 9.01. The third kappa shape index (κ3) is 3.62. The summed E-state index contributed by atoms with van der Waals surface area (Å²) in [5, 5.41) is 5.32. The third-order valence-electron chi connectivity index (χ3n) is 5.74. The van der Waals surface area contributed by atoms with E-state index in [-0.39, 0.29) is 11.1 Å². The summed E-state index contributed by atoms with van der Waals surface area (Å²) in [5.74, 6) is -4.38. The Kier molecular flexibility index (Phi) is 5.45. The summed E-state index contributed by atoms with van der Waals surface area (Å²) in [6.07, 6.45) is 3.38. The number of rotatable bonds is 5. The maximum Gasteiger partial charge on any atom is 0.325 e. The minimum atomic E-state index is -1.66. The molecule has 1 unspecified atom stereocenters. The molecule has 0 saturated carbocycles. The lowest BCUT2D eigenvalue weighted by molar-refractivity contribution is -0.133. The number of carbonyl (C=O) groups excluding carboxylic acids is 4. The first-order chi connectivity index (χ1) is 15.1. The van der Waals surface area contributed by atoms with Crippen molar-refractivity contribution in [2.24, 2.45) is 5.73 Å². The summed E-state index contributed by atoms with van der Waals surface area (Å²) >= 11 is 1.26. The maximum atomic E-state index is 13.7. The molecule has 2 aromatic rings. The highest BCUT2D eigenvalue weighted by atomic mass is 32.1. The molecule has 1 saturated heterocycles. The van der Waals surface area contributed by atoms with Gasteiger partial charge < -0.3 is 16.4 Å². The number of anilines is 1. The number of imide groups is 1. The molecule has 11 heteroatoms. The van der Waals surface area contributed by atoms with E-state index in [1.165, 1.54) is 24.3 Å². The Morgan fingerprint density at radius 1 is 1.22 bits per heavy atom. The molecule has 5 amide bonds. The molecule has 1 fully saturated rings. The number of benzene rings is 1. The lowest BCUT2D eigenvalue weighted by atomic mass is 9.92. The Hall–Kier alpha value is -3.34. The normalized spacial score (nSPS) is 20.2. The van der Waals surface area contributed by atoms with E-state index in [2.05, 4.69) is 10.6 Å². The molecular formula is C21H20F2N4O4S. The van der Waals surface area contributed by atoms with Gasteiger partial charge in [0, 0.05) is 4.88 Å². The number of aryl methyl sites for hydroxylation is 1. The topological polar surface area (TPSA) is 122 Å². The molecule has 32 heavy (non-hydrogen) atoms. The number of carbonyl (C=O) groups is 4. The van der Waals surface area contributed by atoms with Gasteiger partial charge in [-0.15, -0.1) is 11.3 Å². The Labute approximate surface area is 185 Å². The first-order valence-corrected chi connectivity index (χ1v) is 10.8. The number of amides is 5. The van der Waals surface area contributed by atoms with Crippen LogP contribution in [-0.4, -0.2) is 35.2 Å². The van der Waals surface area contributed by atoms with E-state index in [0.29, 0.717) is 16.3 Å². The van der Waals surface area contributed by atoms with Gasteiger partial charge in [0.2, 0.25) is 5.91 Å². The van der Waals surface area contributed by atoms with Crippen molar-refractivity contribution in [3.63, 3.8) is 0 Å². The first-order valence-electron chi connectivity index (χ1n) is 9.95. The van der Waals surface area contributed by atoms with Crippen LogP contribution >= 0.6 is 11.3 Å². The molecule has 168 valence electrons. The number of nitrogens with one attached hydrogen (secondary N) is 2. The molecule has 1 aromatic heterocycles. The van der Waals surface area contributed by atoms with Gasteiger partial charge in [0.05, 0.1) is 5.56 Å². The number of fused-ring (bicyclic) bond motifs is 1. The van der Waals surface area contributed by atoms with Crippen molar-refractivity contribution >= 4 is 40.1 Å². The van der Waals surface area contributed by atoms with Gasteiger partial charge in [-0.25, -0.2) is 13.6 Å². The number of hydrogen-bond acceptors (Lipinski definition) is 5. The van der Waals surface area contributed by atoms with Crippen LogP contribution in [0, 0.1) is 11.6 Å². The lowest BCUT2D eigenvalue weighted by Gasteiger charge is -2.22. The Bertz CT molecular complexity index is 1160. The van der Waals surface area contributed by atoms with E-state index < -0.39 is 47.5 Å². The zero-order valence-corrected chi connectivity index (χ0v) is 17.9. The fourth-order valence-electron chi connectivity index (χ4n) is 4.07. The average molecular weight is 462 g/mol. The van der Waals surface area contributed by atoms with Gasteiger partial charge in [-0.1, -0.05) is 6.07 Å². The summed E-state index contributed by atoms with van der Waals surface area (Å²) < 4.78 is 26.9. The molecular weight excluding hydrogens is 442 g/mol. The van der Waals surface area contributed by atoms with Crippen molar-refractivity contribution in [1.82, 2.24) is 10.2 Å². The standard InChI is InChI=1S/C21H20F2N4O4S/c1-21(10-6-7-12(22)13(23)8-10)19(30)27(20(31)26-21)9-15(28)25-18-16(17(24)29)11-4-2-3-5-14(11)32-18/h6-8H,2-5,9H2,1H3,(H2,24,29)(H,25,28)(H,26,31). The van der Waals surface area contributed by atoms with E-state index in [1.54, 1.807) is 0 Å². The second-order valence-electron chi connectivity index (χ2n) is 7.90. The number of primary amides is 1. The first kappa shape index (κ1) is 21.9. The van der Waals surface area contributed by atoms with Gasteiger partial charge in [0.25, 0.3) is 11.8 Å². The number of nitrogens with zero attached hydrogens (tertiary/aromatic N) is 1. The summed E-state index contributed by atoms with van der Waals surface area (Å²) in [4.78, 5) is 51.7. The van der Waals surface area contributed by atoms with E-state index in [1.807, 2.05) is 0 Å². The van der Waals surface area contributed by atoms with Crippen LogP contribution in [0.3, 0.4) is 0 Å². The molecule has 2 heterocycles. The minimum absolute atomic E-state index is 0.0413. The summed E-state index contributed by atoms with van der Waals surface area (Å²) in [7, 11) is 0. The van der Waals surface area contributed by atoms with Crippen molar-refractivity contribution in [3.8, 4) is 0 Å². The molecule has 1 aromatic carbocycles. The van der Waals surface area contributed by atoms with Crippen molar-refractivity contribution in [3.05, 3.63) is 51.4 Å². The fourth-order valence-corrected chi connectivity index (χ4v) is 5.38. The molecule has 1 aliphatic carbocycles. The summed E-state index contributed by atoms with van der Waals surface area (Å²) in [6, 6.07) is 2.02. The Balaban J connectivity index is 1.53. The summed E-state index contributed by atoms with van der Waals surface area (Å²) in [6.45, 7) is 0.723. The number of thiophene rings is 1. The van der Waals surface area contributed by atoms with Crippen LogP contribution in [0.1, 0.15) is 46.1 Å². The zero-order chi connectivity index (χ0) is 23.2. The molecule has 0 bridgehead atoms. The van der Waals surface area contributed by atoms with Crippen LogP contribution in [0.4, 0.5) is 18.6 Å². The van der Waals surface area contributed by atoms with Crippen LogP contribution < -0.4 is 16.4 Å². The number of nitrogens with two attached hydrogens (primary N) is 1. The van der Waals surface area contributed by atoms with E-state index in [0.717, 1.165) is 41.8 Å². The second kappa shape index (κ2) is 7.97. The molecule has 0 spiro atoms. The predicted octanol–water partition coefficient (Wildman–Crippen LogP) is 2.41. The molecule has 8 nitrogen and oxygen atoms in total. The lowest BCUT2D eigenvalue weighted by Crippen LogP contribution is -2.42. The largest absolute Gasteiger partial charge is 0.365 e. The zero-order valence-electron chi connectivity index (χ0n) is 17.1. The van der Waals surface area contributed by atoms with Crippen molar-refractivity contribution in [2.75, 3.05) is 11.9 Å². The van der Waals surface area contributed by atoms with E-state index in [9.17, 15) is 28.0 Å². The molecule has 2 aliphatic rings. The highest BCUT2D eigenvalue weighted by Gasteiger charge is 2.49. The van der Waals surface area contributed by atoms with Crippen molar-refractivity contribution < 1.29 is 28.0 Å². The molecule has 4 rings (SSSR count). The Morgan fingerprint density at radius 3 is 2.62 bits per heavy atom. The van der Waals surface area contributed by atoms with Gasteiger partial charge in [0.15, 0.2) is 11.6 Å². The smallest absolute Gasteiger partial charge is 0.325 e. The van der Waals surface area contributed by atoms with Crippen LogP contribution in [0.15, 0.2) is 18.2 Å². The SMILES string of the molecule is CC1(c2ccc(F)c(F)c2)NC(=O)N(CC(=O)Nc2sc3c(c2C(N)=O)CCCC3)C1=O. The molecule has 1 atom stereocenters. The maximum absolute atomic E-state index is 13.7. The van der Waals surface area contributed by atoms with Crippen LogP contribution in [0.5, 0.6) is 0 Å². The number of halogens is 2. The van der Waals surface area contributed by atoms with Gasteiger partial charge in [-0.2, -0.15) is 0 Å².